The molecule has 6 nitrogen and oxygen atoms in total. The van der Waals surface area contributed by atoms with Crippen LogP contribution >= 0.6 is 0 Å². The third kappa shape index (κ3) is 4.05. The summed E-state index contributed by atoms with van der Waals surface area (Å²) in [5.41, 5.74) is 7.64. The van der Waals surface area contributed by atoms with Gasteiger partial charge in [0.25, 0.3) is 0 Å². The SMILES string of the molecule is CS(=O)(=O)N1CCC(C(=O)NCc2ccccc2)=C(N)C1. The zero-order chi connectivity index (χ0) is 15.5. The predicted octanol–water partition coefficient (Wildman–Crippen LogP) is 0.181. The number of nitrogens with two attached hydrogens (primary N) is 1. The van der Waals surface area contributed by atoms with Gasteiger partial charge in [0.15, 0.2) is 0 Å². The summed E-state index contributed by atoms with van der Waals surface area (Å²) in [7, 11) is -3.28. The first-order valence-corrected chi connectivity index (χ1v) is 8.47. The Balaban J connectivity index is 2.00. The Morgan fingerprint density at radius 1 is 1.33 bits per heavy atom. The first-order valence-electron chi connectivity index (χ1n) is 6.62. The van der Waals surface area contributed by atoms with E-state index in [-0.39, 0.29) is 19.0 Å². The Kier molecular flexibility index (Phi) is 4.64. The highest BCUT2D eigenvalue weighted by molar-refractivity contribution is 7.88. The fourth-order valence-electron chi connectivity index (χ4n) is 2.19. The molecule has 0 unspecified atom stereocenters. The van der Waals surface area contributed by atoms with E-state index in [0.717, 1.165) is 11.8 Å². The summed E-state index contributed by atoms with van der Waals surface area (Å²) in [4.78, 5) is 12.1. The molecule has 1 aromatic carbocycles. The number of benzene rings is 1. The van der Waals surface area contributed by atoms with Gasteiger partial charge in [-0.3, -0.25) is 4.79 Å². The molecule has 0 spiro atoms. The van der Waals surface area contributed by atoms with Gasteiger partial charge in [0.2, 0.25) is 15.9 Å². The lowest BCUT2D eigenvalue weighted by Crippen LogP contribution is -2.41. The molecule has 3 N–H and O–H groups in total. The van der Waals surface area contributed by atoms with E-state index in [1.54, 1.807) is 0 Å². The molecular formula is C14H19N3O3S. The minimum absolute atomic E-state index is 0.0763. The van der Waals surface area contributed by atoms with Crippen molar-refractivity contribution in [3.8, 4) is 0 Å². The van der Waals surface area contributed by atoms with Gasteiger partial charge in [-0.15, -0.1) is 0 Å². The third-order valence-corrected chi connectivity index (χ3v) is 4.63. The van der Waals surface area contributed by atoms with Crippen LogP contribution in [-0.4, -0.2) is 38.0 Å². The number of rotatable bonds is 4. The number of hydrogen-bond acceptors (Lipinski definition) is 4. The van der Waals surface area contributed by atoms with Crippen molar-refractivity contribution >= 4 is 15.9 Å². The van der Waals surface area contributed by atoms with Crippen molar-refractivity contribution in [3.63, 3.8) is 0 Å². The molecule has 0 saturated heterocycles. The molecule has 0 aromatic heterocycles. The van der Waals surface area contributed by atoms with Crippen molar-refractivity contribution in [3.05, 3.63) is 47.2 Å². The van der Waals surface area contributed by atoms with E-state index in [9.17, 15) is 13.2 Å². The van der Waals surface area contributed by atoms with E-state index in [2.05, 4.69) is 5.32 Å². The van der Waals surface area contributed by atoms with Gasteiger partial charge < -0.3 is 11.1 Å². The molecule has 0 saturated carbocycles. The molecule has 1 aromatic rings. The molecular weight excluding hydrogens is 290 g/mol. The van der Waals surface area contributed by atoms with Crippen molar-refractivity contribution in [1.82, 2.24) is 9.62 Å². The number of sulfonamides is 1. The predicted molar refractivity (Wildman–Crippen MR) is 80.5 cm³/mol. The second-order valence-corrected chi connectivity index (χ2v) is 7.00. The van der Waals surface area contributed by atoms with E-state index in [4.69, 9.17) is 5.73 Å². The highest BCUT2D eigenvalue weighted by Crippen LogP contribution is 2.17. The minimum Gasteiger partial charge on any atom is -0.401 e. The summed E-state index contributed by atoms with van der Waals surface area (Å²) < 4.78 is 24.2. The van der Waals surface area contributed by atoms with Crippen molar-refractivity contribution in [2.45, 2.75) is 13.0 Å². The second kappa shape index (κ2) is 6.28. The molecule has 2 rings (SSSR count). The summed E-state index contributed by atoms with van der Waals surface area (Å²) in [5.74, 6) is -0.232. The summed E-state index contributed by atoms with van der Waals surface area (Å²) in [6.07, 6.45) is 1.47. The lowest BCUT2D eigenvalue weighted by molar-refractivity contribution is -0.118. The van der Waals surface area contributed by atoms with Crippen LogP contribution in [0.15, 0.2) is 41.6 Å². The van der Waals surface area contributed by atoms with Gasteiger partial charge in [0.1, 0.15) is 0 Å². The topological polar surface area (TPSA) is 92.5 Å². The van der Waals surface area contributed by atoms with Gasteiger partial charge in [-0.25, -0.2) is 8.42 Å². The zero-order valence-electron chi connectivity index (χ0n) is 11.9. The molecule has 1 aliphatic rings. The molecule has 0 fully saturated rings. The summed E-state index contributed by atoms with van der Waals surface area (Å²) >= 11 is 0. The number of nitrogens with zero attached hydrogens (tertiary/aromatic N) is 1. The maximum Gasteiger partial charge on any atom is 0.249 e. The number of amides is 1. The van der Waals surface area contributed by atoms with Crippen LogP contribution in [0.5, 0.6) is 0 Å². The molecule has 0 bridgehead atoms. The fourth-order valence-corrected chi connectivity index (χ4v) is 2.99. The Morgan fingerprint density at radius 2 is 2.00 bits per heavy atom. The molecule has 21 heavy (non-hydrogen) atoms. The van der Waals surface area contributed by atoms with Gasteiger partial charge in [-0.05, 0) is 12.0 Å². The van der Waals surface area contributed by atoms with Gasteiger partial charge in [0.05, 0.1) is 12.8 Å². The van der Waals surface area contributed by atoms with Crippen molar-refractivity contribution in [1.29, 1.82) is 0 Å². The Bertz CT molecular complexity index is 653. The normalized spacial score (nSPS) is 16.8. The largest absolute Gasteiger partial charge is 0.401 e. The smallest absolute Gasteiger partial charge is 0.249 e. The van der Waals surface area contributed by atoms with E-state index < -0.39 is 10.0 Å². The van der Waals surface area contributed by atoms with Crippen LogP contribution in [-0.2, 0) is 21.4 Å². The zero-order valence-corrected chi connectivity index (χ0v) is 12.7. The summed E-state index contributed by atoms with van der Waals surface area (Å²) in [5, 5.41) is 2.81. The van der Waals surface area contributed by atoms with Crippen LogP contribution in [0.25, 0.3) is 0 Å². The van der Waals surface area contributed by atoms with E-state index in [0.29, 0.717) is 24.2 Å². The van der Waals surface area contributed by atoms with Crippen molar-refractivity contribution in [2.24, 2.45) is 5.73 Å². The average Bonchev–Trinajstić information content (AvgIpc) is 2.45. The monoisotopic (exact) mass is 309 g/mol. The molecule has 114 valence electrons. The van der Waals surface area contributed by atoms with Crippen LogP contribution in [0.4, 0.5) is 0 Å². The molecule has 0 radical (unpaired) electrons. The summed E-state index contributed by atoms with van der Waals surface area (Å²) in [6.45, 7) is 0.785. The number of hydrogen-bond donors (Lipinski definition) is 2. The van der Waals surface area contributed by atoms with Crippen LogP contribution in [0.1, 0.15) is 12.0 Å². The Labute approximate surface area is 124 Å². The highest BCUT2D eigenvalue weighted by Gasteiger charge is 2.26. The maximum atomic E-state index is 12.1. The average molecular weight is 309 g/mol. The molecule has 1 amide bonds. The first-order chi connectivity index (χ1) is 9.88. The number of nitrogens with one attached hydrogen (secondary N) is 1. The molecule has 7 heteroatoms. The molecule has 0 atom stereocenters. The van der Waals surface area contributed by atoms with Gasteiger partial charge in [0, 0.05) is 24.4 Å². The lowest BCUT2D eigenvalue weighted by atomic mass is 10.1. The van der Waals surface area contributed by atoms with Gasteiger partial charge in [-0.1, -0.05) is 30.3 Å². The lowest BCUT2D eigenvalue weighted by Gasteiger charge is -2.26. The number of carbonyl (C=O) groups is 1. The van der Waals surface area contributed by atoms with Gasteiger partial charge in [-0.2, -0.15) is 4.31 Å². The van der Waals surface area contributed by atoms with Crippen LogP contribution < -0.4 is 11.1 Å². The van der Waals surface area contributed by atoms with Gasteiger partial charge >= 0.3 is 0 Å². The molecule has 1 aliphatic heterocycles. The van der Waals surface area contributed by atoms with Crippen LogP contribution in [0.2, 0.25) is 0 Å². The second-order valence-electron chi connectivity index (χ2n) is 5.02. The molecule has 0 aliphatic carbocycles. The van der Waals surface area contributed by atoms with Crippen LogP contribution in [0.3, 0.4) is 0 Å². The Hall–Kier alpha value is -1.86. The maximum absolute atomic E-state index is 12.1. The summed E-state index contributed by atoms with van der Waals surface area (Å²) in [6, 6.07) is 9.56. The van der Waals surface area contributed by atoms with E-state index >= 15 is 0 Å². The standard InChI is InChI=1S/C14H19N3O3S/c1-21(19,20)17-8-7-12(13(15)10-17)14(18)16-9-11-5-3-2-4-6-11/h2-6H,7-10,15H2,1H3,(H,16,18). The van der Waals surface area contributed by atoms with Crippen molar-refractivity contribution < 1.29 is 13.2 Å². The van der Waals surface area contributed by atoms with Crippen molar-refractivity contribution in [2.75, 3.05) is 19.3 Å². The van der Waals surface area contributed by atoms with E-state index in [1.807, 2.05) is 30.3 Å². The van der Waals surface area contributed by atoms with Crippen LogP contribution in [0, 0.1) is 0 Å². The molecule has 1 heterocycles. The Morgan fingerprint density at radius 3 is 2.57 bits per heavy atom. The number of carbonyl (C=O) groups excluding carboxylic acids is 1. The minimum atomic E-state index is -3.28. The third-order valence-electron chi connectivity index (χ3n) is 3.38. The first kappa shape index (κ1) is 15.5. The van der Waals surface area contributed by atoms with E-state index in [1.165, 1.54) is 4.31 Å². The highest BCUT2D eigenvalue weighted by atomic mass is 32.2. The quantitative estimate of drug-likeness (QED) is 0.830. The fraction of sp³-hybridized carbons (Fsp3) is 0.357.